The van der Waals surface area contributed by atoms with Crippen LogP contribution >= 0.6 is 0 Å². The molecule has 0 spiro atoms. The summed E-state index contributed by atoms with van der Waals surface area (Å²) in [5.74, 6) is -3.88. The van der Waals surface area contributed by atoms with Gasteiger partial charge in [-0.2, -0.15) is 0 Å². The molecule has 10 nitrogen and oxygen atoms in total. The highest BCUT2D eigenvalue weighted by molar-refractivity contribution is 6.28. The first-order chi connectivity index (χ1) is 12.6. The van der Waals surface area contributed by atoms with Gasteiger partial charge in [0.1, 0.15) is 11.5 Å². The molecular weight excluding hydrogens is 356 g/mol. The molecule has 0 atom stereocenters. The Morgan fingerprint density at radius 1 is 0.630 bits per heavy atom. The van der Waals surface area contributed by atoms with E-state index < -0.39 is 41.6 Å². The van der Waals surface area contributed by atoms with Crippen molar-refractivity contribution in [3.8, 4) is 0 Å². The van der Waals surface area contributed by atoms with Crippen molar-refractivity contribution in [2.75, 3.05) is 28.2 Å². The van der Waals surface area contributed by atoms with E-state index in [4.69, 9.17) is 0 Å². The monoisotopic (exact) mass is 374 g/mol. The molecule has 27 heavy (non-hydrogen) atoms. The molecule has 0 aromatic heterocycles. The first-order valence-corrected chi connectivity index (χ1v) is 7.84. The number of nitrogens with zero attached hydrogens (tertiary/aromatic N) is 4. The molecule has 0 aromatic rings. The van der Waals surface area contributed by atoms with Crippen LogP contribution in [0, 0.1) is 5.92 Å². The molecule has 0 bridgehead atoms. The lowest BCUT2D eigenvalue weighted by atomic mass is 10.0. The first-order valence-electron chi connectivity index (χ1n) is 7.84. The molecule has 8 amide bonds. The Hall–Kier alpha value is -3.56. The summed E-state index contributed by atoms with van der Waals surface area (Å²) in [4.78, 5) is 74.7. The van der Waals surface area contributed by atoms with Crippen molar-refractivity contribution in [2.24, 2.45) is 5.92 Å². The van der Waals surface area contributed by atoms with Crippen molar-refractivity contribution in [3.05, 3.63) is 36.0 Å². The summed E-state index contributed by atoms with van der Waals surface area (Å²) in [6, 6.07) is -1.42. The summed E-state index contributed by atoms with van der Waals surface area (Å²) >= 11 is 0. The normalized spacial score (nSPS) is 20.2. The number of barbiturate groups is 2. The van der Waals surface area contributed by atoms with Crippen molar-refractivity contribution in [2.45, 2.75) is 0 Å². The third-order valence-corrected chi connectivity index (χ3v) is 4.20. The SMILES string of the molecule is CN1C(=O)C(=C/C=C/C=C/C2C(=O)N(C)C(=O)N(C)C2=O)C(=O)N(C)C1=O. The number of hydrogen-bond acceptors (Lipinski definition) is 6. The third kappa shape index (κ3) is 3.41. The van der Waals surface area contributed by atoms with E-state index in [-0.39, 0.29) is 5.57 Å². The molecule has 0 N–H and O–H groups in total. The maximum Gasteiger partial charge on any atom is 0.333 e. The smallest absolute Gasteiger partial charge is 0.273 e. The van der Waals surface area contributed by atoms with Gasteiger partial charge in [-0.05, 0) is 6.08 Å². The van der Waals surface area contributed by atoms with Gasteiger partial charge in [0, 0.05) is 28.2 Å². The fraction of sp³-hybridized carbons (Fsp3) is 0.294. The number of likely N-dealkylation sites (N-methyl/N-ethyl adjacent to an activating group) is 2. The van der Waals surface area contributed by atoms with Crippen molar-refractivity contribution in [3.63, 3.8) is 0 Å². The Bertz CT molecular complexity index is 790. The molecule has 10 heteroatoms. The van der Waals surface area contributed by atoms with Crippen LogP contribution < -0.4 is 0 Å². The van der Waals surface area contributed by atoms with E-state index in [9.17, 15) is 28.8 Å². The molecule has 0 radical (unpaired) electrons. The van der Waals surface area contributed by atoms with Gasteiger partial charge in [0.2, 0.25) is 11.8 Å². The fourth-order valence-electron chi connectivity index (χ4n) is 2.49. The zero-order valence-electron chi connectivity index (χ0n) is 15.2. The van der Waals surface area contributed by atoms with E-state index in [0.29, 0.717) is 0 Å². The summed E-state index contributed by atoms with van der Waals surface area (Å²) in [6.07, 6.45) is 6.73. The van der Waals surface area contributed by atoms with Crippen LogP contribution in [-0.4, -0.2) is 83.5 Å². The van der Waals surface area contributed by atoms with Gasteiger partial charge in [0.05, 0.1) is 0 Å². The Kier molecular flexibility index (Phi) is 5.39. The van der Waals surface area contributed by atoms with Gasteiger partial charge in [-0.15, -0.1) is 0 Å². The lowest BCUT2D eigenvalue weighted by molar-refractivity contribution is -0.145. The van der Waals surface area contributed by atoms with Crippen molar-refractivity contribution >= 4 is 35.7 Å². The van der Waals surface area contributed by atoms with Gasteiger partial charge >= 0.3 is 12.1 Å². The number of urea groups is 2. The quantitative estimate of drug-likeness (QED) is 0.291. The summed E-state index contributed by atoms with van der Waals surface area (Å²) < 4.78 is 0. The van der Waals surface area contributed by atoms with E-state index in [1.54, 1.807) is 0 Å². The molecule has 2 heterocycles. The Morgan fingerprint density at radius 3 is 1.56 bits per heavy atom. The second-order valence-corrected chi connectivity index (χ2v) is 5.92. The van der Waals surface area contributed by atoms with Crippen LogP contribution in [0.25, 0.3) is 0 Å². The number of hydrogen-bond donors (Lipinski definition) is 0. The van der Waals surface area contributed by atoms with Gasteiger partial charge < -0.3 is 0 Å². The van der Waals surface area contributed by atoms with E-state index in [0.717, 1.165) is 19.6 Å². The molecule has 2 aliphatic heterocycles. The molecule has 2 saturated heterocycles. The minimum Gasteiger partial charge on any atom is -0.273 e. The van der Waals surface area contributed by atoms with Gasteiger partial charge in [-0.3, -0.25) is 38.8 Å². The Labute approximate surface area is 155 Å². The number of carbonyl (C=O) groups excluding carboxylic acids is 6. The van der Waals surface area contributed by atoms with E-state index in [1.807, 2.05) is 0 Å². The molecule has 0 unspecified atom stereocenters. The molecule has 2 fully saturated rings. The zero-order chi connectivity index (χ0) is 20.5. The molecular formula is C17H18N4O6. The van der Waals surface area contributed by atoms with Crippen molar-refractivity contribution < 1.29 is 28.8 Å². The lowest BCUT2D eigenvalue weighted by Gasteiger charge is -2.31. The predicted molar refractivity (Wildman–Crippen MR) is 91.7 cm³/mol. The summed E-state index contributed by atoms with van der Waals surface area (Å²) in [5, 5.41) is 0. The van der Waals surface area contributed by atoms with Crippen LogP contribution in [0.3, 0.4) is 0 Å². The predicted octanol–water partition coefficient (Wildman–Crippen LogP) is -0.258. The maximum atomic E-state index is 12.0. The number of imide groups is 4. The van der Waals surface area contributed by atoms with Crippen LogP contribution in [0.4, 0.5) is 9.59 Å². The Morgan fingerprint density at radius 2 is 1.07 bits per heavy atom. The van der Waals surface area contributed by atoms with Crippen molar-refractivity contribution in [1.29, 1.82) is 0 Å². The van der Waals surface area contributed by atoms with Gasteiger partial charge in [0.25, 0.3) is 11.8 Å². The second-order valence-electron chi connectivity index (χ2n) is 5.92. The minimum absolute atomic E-state index is 0.195. The summed E-state index contributed by atoms with van der Waals surface area (Å²) in [6.45, 7) is 0. The highest BCUT2D eigenvalue weighted by Gasteiger charge is 2.41. The average molecular weight is 374 g/mol. The number of rotatable bonds is 3. The van der Waals surface area contributed by atoms with Crippen LogP contribution in [0.1, 0.15) is 0 Å². The van der Waals surface area contributed by atoms with Crippen molar-refractivity contribution in [1.82, 2.24) is 19.6 Å². The first kappa shape index (κ1) is 19.8. The maximum absolute atomic E-state index is 12.0. The number of carbonyl (C=O) groups is 6. The highest BCUT2D eigenvalue weighted by Crippen LogP contribution is 2.17. The fourth-order valence-corrected chi connectivity index (χ4v) is 2.49. The van der Waals surface area contributed by atoms with Crippen LogP contribution in [-0.2, 0) is 19.2 Å². The standard InChI is InChI=1S/C17H18N4O6/c1-18-12(22)10(13(23)19(2)16(18)26)8-6-5-7-9-11-14(24)20(3)17(27)21(4)15(11)25/h5-10H,1-4H3/b7-5+,8-6+. The second kappa shape index (κ2) is 7.36. The molecule has 2 aliphatic rings. The Balaban J connectivity index is 2.14. The molecule has 2 rings (SSSR count). The molecule has 0 saturated carbocycles. The van der Waals surface area contributed by atoms with Crippen LogP contribution in [0.5, 0.6) is 0 Å². The summed E-state index contributed by atoms with van der Waals surface area (Å²) in [5.41, 5.74) is -0.195. The molecule has 0 aromatic carbocycles. The summed E-state index contributed by atoms with van der Waals surface area (Å²) in [7, 11) is 5.09. The minimum atomic E-state index is -1.14. The third-order valence-electron chi connectivity index (χ3n) is 4.20. The largest absolute Gasteiger partial charge is 0.333 e. The zero-order valence-corrected chi connectivity index (χ0v) is 15.2. The lowest BCUT2D eigenvalue weighted by Crippen LogP contribution is -2.56. The molecule has 142 valence electrons. The van der Waals surface area contributed by atoms with E-state index in [1.165, 1.54) is 58.6 Å². The van der Waals surface area contributed by atoms with E-state index >= 15 is 0 Å². The number of amides is 8. The van der Waals surface area contributed by atoms with Gasteiger partial charge in [-0.25, -0.2) is 9.59 Å². The van der Waals surface area contributed by atoms with Gasteiger partial charge in [0.15, 0.2) is 0 Å². The van der Waals surface area contributed by atoms with Gasteiger partial charge in [-0.1, -0.05) is 24.3 Å². The number of allylic oxidation sites excluding steroid dienone is 4. The van der Waals surface area contributed by atoms with Crippen LogP contribution in [0.15, 0.2) is 36.0 Å². The topological polar surface area (TPSA) is 115 Å². The average Bonchev–Trinajstić information content (AvgIpc) is 2.66. The van der Waals surface area contributed by atoms with Crippen LogP contribution in [0.2, 0.25) is 0 Å². The van der Waals surface area contributed by atoms with E-state index in [2.05, 4.69) is 0 Å². The molecule has 0 aliphatic carbocycles. The highest BCUT2D eigenvalue weighted by atomic mass is 16.2.